The summed E-state index contributed by atoms with van der Waals surface area (Å²) in [7, 11) is 0. The summed E-state index contributed by atoms with van der Waals surface area (Å²) < 4.78 is 2.45. The van der Waals surface area contributed by atoms with E-state index >= 15 is 0 Å². The SMILES string of the molecule is CCn1c2cc3c(cc2c2cc4[nH]c5ccccc5c4cc21)[nH]c1ccccc13. The number of benzene rings is 4. The molecule has 0 bridgehead atoms. The summed E-state index contributed by atoms with van der Waals surface area (Å²) in [6.07, 6.45) is 0. The number of aryl methyl sites for hydroxylation is 1. The molecule has 0 radical (unpaired) electrons. The van der Waals surface area contributed by atoms with Gasteiger partial charge in [-0.1, -0.05) is 36.4 Å². The highest BCUT2D eigenvalue weighted by molar-refractivity contribution is 6.21. The van der Waals surface area contributed by atoms with Crippen molar-refractivity contribution in [2.75, 3.05) is 0 Å². The normalized spacial score (nSPS) is 12.4. The molecular formula is C26H19N3. The van der Waals surface area contributed by atoms with Crippen molar-refractivity contribution in [3.05, 3.63) is 72.8 Å². The number of nitrogens with zero attached hydrogens (tertiary/aromatic N) is 1. The minimum atomic E-state index is 0.946. The predicted octanol–water partition coefficient (Wildman–Crippen LogP) is 7.08. The molecule has 7 aromatic rings. The van der Waals surface area contributed by atoms with Crippen LogP contribution in [0.15, 0.2) is 72.8 Å². The third-order valence-corrected chi connectivity index (χ3v) is 6.43. The van der Waals surface area contributed by atoms with Crippen molar-refractivity contribution in [3.8, 4) is 0 Å². The van der Waals surface area contributed by atoms with Gasteiger partial charge < -0.3 is 14.5 Å². The summed E-state index contributed by atoms with van der Waals surface area (Å²) in [4.78, 5) is 7.21. The monoisotopic (exact) mass is 373 g/mol. The maximum Gasteiger partial charge on any atom is 0.0499 e. The van der Waals surface area contributed by atoms with Gasteiger partial charge in [0, 0.05) is 72.0 Å². The molecule has 4 aromatic carbocycles. The Morgan fingerprint density at radius 1 is 0.552 bits per heavy atom. The van der Waals surface area contributed by atoms with Crippen LogP contribution in [-0.2, 0) is 6.54 Å². The van der Waals surface area contributed by atoms with Crippen LogP contribution >= 0.6 is 0 Å². The van der Waals surface area contributed by atoms with Crippen molar-refractivity contribution in [2.24, 2.45) is 0 Å². The summed E-state index contributed by atoms with van der Waals surface area (Å²) in [5.41, 5.74) is 7.39. The average molecular weight is 373 g/mol. The zero-order chi connectivity index (χ0) is 19.1. The van der Waals surface area contributed by atoms with Crippen LogP contribution in [0.5, 0.6) is 0 Å². The predicted molar refractivity (Wildman–Crippen MR) is 124 cm³/mol. The zero-order valence-electron chi connectivity index (χ0n) is 16.1. The molecule has 2 N–H and O–H groups in total. The van der Waals surface area contributed by atoms with Crippen LogP contribution in [0.4, 0.5) is 0 Å². The second-order valence-electron chi connectivity index (χ2n) is 7.92. The molecule has 0 fully saturated rings. The van der Waals surface area contributed by atoms with E-state index in [4.69, 9.17) is 0 Å². The zero-order valence-corrected chi connectivity index (χ0v) is 16.1. The minimum absolute atomic E-state index is 0.946. The van der Waals surface area contributed by atoms with Crippen molar-refractivity contribution < 1.29 is 0 Å². The molecule has 0 saturated carbocycles. The maximum atomic E-state index is 3.60. The molecule has 7 rings (SSSR count). The van der Waals surface area contributed by atoms with Crippen molar-refractivity contribution >= 4 is 65.4 Å². The first kappa shape index (κ1) is 15.2. The standard InChI is InChI=1S/C26H19N3/c1-2-29-25-13-17-15-7-3-5-9-21(15)27-23(17)11-19(25)20-12-24-18(14-26(20)29)16-8-4-6-10-22(16)28-24/h3-14,27-28H,2H2,1H3. The van der Waals surface area contributed by atoms with Crippen LogP contribution in [0.25, 0.3) is 65.4 Å². The Morgan fingerprint density at radius 3 is 1.52 bits per heavy atom. The lowest BCUT2D eigenvalue weighted by Crippen LogP contribution is -1.92. The Morgan fingerprint density at radius 2 is 1.03 bits per heavy atom. The third-order valence-electron chi connectivity index (χ3n) is 6.43. The highest BCUT2D eigenvalue weighted by Gasteiger charge is 2.15. The molecule has 0 amide bonds. The van der Waals surface area contributed by atoms with Gasteiger partial charge in [0.25, 0.3) is 0 Å². The lowest BCUT2D eigenvalue weighted by atomic mass is 10.1. The van der Waals surface area contributed by atoms with Crippen molar-refractivity contribution in [3.63, 3.8) is 0 Å². The molecule has 3 heteroatoms. The number of aromatic nitrogens is 3. The highest BCUT2D eigenvalue weighted by atomic mass is 15.0. The maximum absolute atomic E-state index is 3.60. The number of hydrogen-bond donors (Lipinski definition) is 2. The number of rotatable bonds is 1. The van der Waals surface area contributed by atoms with E-state index in [0.717, 1.165) is 6.54 Å². The highest BCUT2D eigenvalue weighted by Crippen LogP contribution is 2.38. The number of aromatic amines is 2. The van der Waals surface area contributed by atoms with Crippen molar-refractivity contribution in [1.29, 1.82) is 0 Å². The van der Waals surface area contributed by atoms with Gasteiger partial charge in [0.2, 0.25) is 0 Å². The number of hydrogen-bond acceptors (Lipinski definition) is 0. The lowest BCUT2D eigenvalue weighted by Gasteiger charge is -2.03. The molecule has 0 saturated heterocycles. The summed E-state index contributed by atoms with van der Waals surface area (Å²) in [5.74, 6) is 0. The molecule has 29 heavy (non-hydrogen) atoms. The number of nitrogens with one attached hydrogen (secondary N) is 2. The van der Waals surface area contributed by atoms with Crippen molar-refractivity contribution in [1.82, 2.24) is 14.5 Å². The van der Waals surface area contributed by atoms with Gasteiger partial charge in [-0.05, 0) is 43.3 Å². The van der Waals surface area contributed by atoms with Crippen LogP contribution in [0.1, 0.15) is 6.92 Å². The van der Waals surface area contributed by atoms with Gasteiger partial charge in [-0.2, -0.15) is 0 Å². The molecule has 0 aliphatic carbocycles. The van der Waals surface area contributed by atoms with E-state index in [9.17, 15) is 0 Å². The first-order chi connectivity index (χ1) is 14.3. The van der Waals surface area contributed by atoms with Crippen LogP contribution in [0.3, 0.4) is 0 Å². The largest absolute Gasteiger partial charge is 0.354 e. The molecule has 0 atom stereocenters. The Bertz CT molecular complexity index is 1610. The van der Waals surface area contributed by atoms with Crippen LogP contribution in [0, 0.1) is 0 Å². The first-order valence-corrected chi connectivity index (χ1v) is 10.2. The lowest BCUT2D eigenvalue weighted by molar-refractivity contribution is 0.828. The second-order valence-corrected chi connectivity index (χ2v) is 7.92. The molecule has 3 aromatic heterocycles. The van der Waals surface area contributed by atoms with Gasteiger partial charge >= 0.3 is 0 Å². The smallest absolute Gasteiger partial charge is 0.0499 e. The van der Waals surface area contributed by atoms with Crippen LogP contribution < -0.4 is 0 Å². The fourth-order valence-electron chi connectivity index (χ4n) is 5.12. The second kappa shape index (κ2) is 5.21. The third kappa shape index (κ3) is 1.87. The molecule has 138 valence electrons. The molecule has 0 spiro atoms. The fourth-order valence-corrected chi connectivity index (χ4v) is 5.12. The van der Waals surface area contributed by atoms with Gasteiger partial charge in [0.05, 0.1) is 0 Å². The quantitative estimate of drug-likeness (QED) is 0.308. The number of fused-ring (bicyclic) bond motifs is 9. The molecule has 3 heterocycles. The van der Waals surface area contributed by atoms with Gasteiger partial charge in [-0.3, -0.25) is 0 Å². The van der Waals surface area contributed by atoms with Crippen LogP contribution in [-0.4, -0.2) is 14.5 Å². The van der Waals surface area contributed by atoms with Gasteiger partial charge in [0.15, 0.2) is 0 Å². The van der Waals surface area contributed by atoms with Gasteiger partial charge in [0.1, 0.15) is 0 Å². The summed E-state index contributed by atoms with van der Waals surface area (Å²) >= 11 is 0. The van der Waals surface area contributed by atoms with E-state index in [1.165, 1.54) is 65.4 Å². The van der Waals surface area contributed by atoms with E-state index in [1.807, 2.05) is 0 Å². The Labute approximate surface area is 166 Å². The Hall–Kier alpha value is -3.72. The van der Waals surface area contributed by atoms with E-state index in [-0.39, 0.29) is 0 Å². The van der Waals surface area contributed by atoms with Gasteiger partial charge in [-0.25, -0.2) is 0 Å². The van der Waals surface area contributed by atoms with E-state index in [2.05, 4.69) is 94.3 Å². The number of H-pyrrole nitrogens is 2. The minimum Gasteiger partial charge on any atom is -0.354 e. The molecule has 0 aliphatic heterocycles. The fraction of sp³-hybridized carbons (Fsp3) is 0.0769. The van der Waals surface area contributed by atoms with E-state index in [0.29, 0.717) is 0 Å². The summed E-state index contributed by atoms with van der Waals surface area (Å²) in [5, 5.41) is 7.77. The summed E-state index contributed by atoms with van der Waals surface area (Å²) in [6.45, 7) is 3.18. The van der Waals surface area contributed by atoms with E-state index < -0.39 is 0 Å². The summed E-state index contributed by atoms with van der Waals surface area (Å²) in [6, 6.07) is 26.5. The topological polar surface area (TPSA) is 36.5 Å². The van der Waals surface area contributed by atoms with Gasteiger partial charge in [-0.15, -0.1) is 0 Å². The van der Waals surface area contributed by atoms with Crippen LogP contribution in [0.2, 0.25) is 0 Å². The average Bonchev–Trinajstić information content (AvgIpc) is 3.39. The molecule has 0 aliphatic rings. The Kier molecular flexibility index (Phi) is 2.73. The molecular weight excluding hydrogens is 354 g/mol. The Balaban J connectivity index is 1.69. The van der Waals surface area contributed by atoms with Crippen molar-refractivity contribution in [2.45, 2.75) is 13.5 Å². The molecule has 3 nitrogen and oxygen atoms in total. The number of para-hydroxylation sites is 2. The van der Waals surface area contributed by atoms with E-state index in [1.54, 1.807) is 0 Å². The molecule has 0 unspecified atom stereocenters. The first-order valence-electron chi connectivity index (χ1n) is 10.2.